The van der Waals surface area contributed by atoms with Crippen molar-refractivity contribution in [3.05, 3.63) is 41.5 Å². The van der Waals surface area contributed by atoms with Gasteiger partial charge in [-0.1, -0.05) is 36.4 Å². The molecule has 0 radical (unpaired) electrons. The minimum Gasteiger partial charge on any atom is -0.481 e. The van der Waals surface area contributed by atoms with Gasteiger partial charge in [-0.05, 0) is 44.7 Å². The van der Waals surface area contributed by atoms with Gasteiger partial charge >= 0.3 is 12.1 Å². The maximum atomic E-state index is 11.5. The quantitative estimate of drug-likeness (QED) is 0.752. The molecule has 1 rings (SSSR count). The smallest absolute Gasteiger partial charge is 0.407 e. The van der Waals surface area contributed by atoms with Crippen molar-refractivity contribution in [2.45, 2.75) is 45.6 Å². The summed E-state index contributed by atoms with van der Waals surface area (Å²) in [6.07, 6.45) is 4.86. The number of hydrogen-bond acceptors (Lipinski definition) is 3. The van der Waals surface area contributed by atoms with Gasteiger partial charge in [0.1, 0.15) is 5.60 Å². The van der Waals surface area contributed by atoms with Crippen LogP contribution in [0.2, 0.25) is 0 Å². The maximum Gasteiger partial charge on any atom is 0.407 e. The molecule has 0 bridgehead atoms. The third-order valence-electron chi connectivity index (χ3n) is 2.87. The summed E-state index contributed by atoms with van der Waals surface area (Å²) in [7, 11) is 0. The van der Waals surface area contributed by atoms with Crippen LogP contribution in [0, 0.1) is 0 Å². The Morgan fingerprint density at radius 2 is 2.04 bits per heavy atom. The Balaban J connectivity index is 2.36. The number of carbonyl (C=O) groups is 2. The van der Waals surface area contributed by atoms with Crippen LogP contribution >= 0.6 is 0 Å². The van der Waals surface area contributed by atoms with E-state index in [1.165, 1.54) is 0 Å². The normalized spacial score (nSPS) is 11.4. The molecular weight excluding hydrogens is 294 g/mol. The van der Waals surface area contributed by atoms with E-state index < -0.39 is 17.7 Å². The molecular formula is C18H25NO4. The summed E-state index contributed by atoms with van der Waals surface area (Å²) in [6.45, 7) is 5.97. The fraction of sp³-hybridized carbons (Fsp3) is 0.444. The van der Waals surface area contributed by atoms with Gasteiger partial charge in [-0.25, -0.2) is 4.79 Å². The van der Waals surface area contributed by atoms with Gasteiger partial charge in [0.2, 0.25) is 0 Å². The first-order valence-corrected chi connectivity index (χ1v) is 7.70. The van der Waals surface area contributed by atoms with Crippen LogP contribution in [-0.4, -0.2) is 29.3 Å². The molecule has 2 N–H and O–H groups in total. The van der Waals surface area contributed by atoms with Gasteiger partial charge < -0.3 is 15.2 Å². The molecule has 0 aliphatic heterocycles. The molecule has 0 aromatic heterocycles. The van der Waals surface area contributed by atoms with Crippen molar-refractivity contribution in [3.8, 4) is 0 Å². The van der Waals surface area contributed by atoms with Gasteiger partial charge in [-0.3, -0.25) is 4.79 Å². The summed E-state index contributed by atoms with van der Waals surface area (Å²) in [6, 6.07) is 7.77. The summed E-state index contributed by atoms with van der Waals surface area (Å²) in [5, 5.41) is 11.4. The number of alkyl carbamates (subject to hydrolysis) is 1. The Labute approximate surface area is 137 Å². The molecule has 1 aromatic carbocycles. The lowest BCUT2D eigenvalue weighted by Crippen LogP contribution is -2.32. The highest BCUT2D eigenvalue weighted by Crippen LogP contribution is 2.10. The average molecular weight is 319 g/mol. The number of aliphatic carboxylic acids is 1. The van der Waals surface area contributed by atoms with E-state index >= 15 is 0 Å². The van der Waals surface area contributed by atoms with E-state index in [0.29, 0.717) is 19.4 Å². The van der Waals surface area contributed by atoms with Gasteiger partial charge in [0.05, 0.1) is 0 Å². The SMILES string of the molecule is CC(C)(C)OC(=O)NCCC=Cc1cccc(CCC(=O)O)c1. The Morgan fingerprint density at radius 1 is 1.30 bits per heavy atom. The number of benzene rings is 1. The molecule has 0 fully saturated rings. The monoisotopic (exact) mass is 319 g/mol. The minimum absolute atomic E-state index is 0.132. The van der Waals surface area contributed by atoms with Gasteiger partial charge in [0, 0.05) is 13.0 Å². The molecule has 0 saturated heterocycles. The Morgan fingerprint density at radius 3 is 2.70 bits per heavy atom. The molecule has 23 heavy (non-hydrogen) atoms. The molecule has 5 heteroatoms. The van der Waals surface area contributed by atoms with E-state index in [0.717, 1.165) is 11.1 Å². The lowest BCUT2D eigenvalue weighted by atomic mass is 10.1. The van der Waals surface area contributed by atoms with Crippen LogP contribution in [0.15, 0.2) is 30.3 Å². The first kappa shape index (κ1) is 18.7. The molecule has 0 spiro atoms. The number of ether oxygens (including phenoxy) is 1. The molecule has 0 aliphatic rings. The molecule has 126 valence electrons. The molecule has 0 unspecified atom stereocenters. The van der Waals surface area contributed by atoms with E-state index in [1.54, 1.807) is 0 Å². The number of carboxylic acid groups (broad SMARTS) is 1. The van der Waals surface area contributed by atoms with Gasteiger partial charge in [0.25, 0.3) is 0 Å². The van der Waals surface area contributed by atoms with Crippen LogP contribution in [-0.2, 0) is 16.0 Å². The third-order valence-corrected chi connectivity index (χ3v) is 2.87. The lowest BCUT2D eigenvalue weighted by molar-refractivity contribution is -0.136. The number of nitrogens with one attached hydrogen (secondary N) is 1. The largest absolute Gasteiger partial charge is 0.481 e. The van der Waals surface area contributed by atoms with Crippen molar-refractivity contribution in [3.63, 3.8) is 0 Å². The van der Waals surface area contributed by atoms with Gasteiger partial charge in [-0.2, -0.15) is 0 Å². The predicted molar refractivity (Wildman–Crippen MR) is 90.3 cm³/mol. The van der Waals surface area contributed by atoms with Crippen molar-refractivity contribution >= 4 is 18.1 Å². The molecule has 0 saturated carbocycles. The highest BCUT2D eigenvalue weighted by molar-refractivity contribution is 5.67. The maximum absolute atomic E-state index is 11.5. The number of hydrogen-bond donors (Lipinski definition) is 2. The number of rotatable bonds is 7. The highest BCUT2D eigenvalue weighted by atomic mass is 16.6. The zero-order valence-electron chi connectivity index (χ0n) is 14.0. The summed E-state index contributed by atoms with van der Waals surface area (Å²) in [4.78, 5) is 22.0. The van der Waals surface area contributed by atoms with Crippen molar-refractivity contribution in [1.29, 1.82) is 0 Å². The topological polar surface area (TPSA) is 75.6 Å². The van der Waals surface area contributed by atoms with Crippen LogP contribution < -0.4 is 5.32 Å². The zero-order chi connectivity index (χ0) is 17.3. The standard InChI is InChI=1S/C18H25NO4/c1-18(2,3)23-17(22)19-12-5-4-7-14-8-6-9-15(13-14)10-11-16(20)21/h4,6-9,13H,5,10-12H2,1-3H3,(H,19,22)(H,20,21). The van der Waals surface area contributed by atoms with Gasteiger partial charge in [-0.15, -0.1) is 0 Å². The van der Waals surface area contributed by atoms with E-state index in [1.807, 2.05) is 57.2 Å². The summed E-state index contributed by atoms with van der Waals surface area (Å²) >= 11 is 0. The Hall–Kier alpha value is -2.30. The fourth-order valence-electron chi connectivity index (χ4n) is 1.89. The molecule has 0 aliphatic carbocycles. The van der Waals surface area contributed by atoms with Crippen LogP contribution in [0.25, 0.3) is 6.08 Å². The molecule has 5 nitrogen and oxygen atoms in total. The molecule has 1 aromatic rings. The van der Waals surface area contributed by atoms with E-state index in [4.69, 9.17) is 9.84 Å². The van der Waals surface area contributed by atoms with E-state index in [-0.39, 0.29) is 6.42 Å². The van der Waals surface area contributed by atoms with E-state index in [9.17, 15) is 9.59 Å². The minimum atomic E-state index is -0.792. The summed E-state index contributed by atoms with van der Waals surface area (Å²) < 4.78 is 5.14. The first-order valence-electron chi connectivity index (χ1n) is 7.70. The van der Waals surface area contributed by atoms with Crippen molar-refractivity contribution in [2.24, 2.45) is 0 Å². The van der Waals surface area contributed by atoms with Crippen LogP contribution in [0.1, 0.15) is 44.7 Å². The second-order valence-electron chi connectivity index (χ2n) is 6.26. The molecule has 0 heterocycles. The lowest BCUT2D eigenvalue weighted by Gasteiger charge is -2.19. The molecule has 0 atom stereocenters. The number of aryl methyl sites for hydroxylation is 1. The molecule has 1 amide bonds. The first-order chi connectivity index (χ1) is 10.8. The van der Waals surface area contributed by atoms with Crippen LogP contribution in [0.5, 0.6) is 0 Å². The second kappa shape index (κ2) is 8.98. The Kier molecular flexibility index (Phi) is 7.32. The summed E-state index contributed by atoms with van der Waals surface area (Å²) in [5.74, 6) is -0.792. The van der Waals surface area contributed by atoms with Gasteiger partial charge in [0.15, 0.2) is 0 Å². The van der Waals surface area contributed by atoms with Crippen molar-refractivity contribution in [1.82, 2.24) is 5.32 Å². The number of carboxylic acids is 1. The van der Waals surface area contributed by atoms with Crippen molar-refractivity contribution in [2.75, 3.05) is 6.54 Å². The number of amides is 1. The van der Waals surface area contributed by atoms with Crippen LogP contribution in [0.4, 0.5) is 4.79 Å². The predicted octanol–water partition coefficient (Wildman–Crippen LogP) is 3.63. The Bertz CT molecular complexity index is 558. The second-order valence-corrected chi connectivity index (χ2v) is 6.26. The summed E-state index contributed by atoms with van der Waals surface area (Å²) in [5.41, 5.74) is 1.53. The fourth-order valence-corrected chi connectivity index (χ4v) is 1.89. The van der Waals surface area contributed by atoms with Crippen LogP contribution in [0.3, 0.4) is 0 Å². The van der Waals surface area contributed by atoms with E-state index in [2.05, 4.69) is 5.32 Å². The highest BCUT2D eigenvalue weighted by Gasteiger charge is 2.15. The third kappa shape index (κ3) is 9.34. The zero-order valence-corrected chi connectivity index (χ0v) is 14.0. The number of carbonyl (C=O) groups excluding carboxylic acids is 1. The average Bonchev–Trinajstić information content (AvgIpc) is 2.43. The van der Waals surface area contributed by atoms with Crippen molar-refractivity contribution < 1.29 is 19.4 Å².